The van der Waals surface area contributed by atoms with Crippen molar-refractivity contribution in [2.45, 2.75) is 247 Å². The standard InChI is InChI=1S/C67H110N8O15/c1-21-42(9)51(70-65(86)90-66(12,13)14)61(82)72(18)52(40(5)6)56(77)68-47(36-39(3)4)60(81)74(20)55(67(15,16)87)64(85)89-54(43(10)22-2)62(83)73(19)53(41(7)8)57(78)69-48(37-45-30-25-23-26-31-45)59(80)71(17)44(11)58(79)75-35-29-34-49(75)63(84)88-38-50(76)46-32-27-24-28-33-46/h24,27-28,32-33,39-45,47-49,51-55,87H,21-23,25-26,29-31,34-38H2,1-20H3,(H,68,77)(H,69,78)(H,70,86)/t42-,43?,44-,47+,48+,49+,51+,52+,53+,54-,55-/m1/s1. The van der Waals surface area contributed by atoms with Crippen molar-refractivity contribution in [3.8, 4) is 0 Å². The highest BCUT2D eigenvalue weighted by Gasteiger charge is 2.48. The van der Waals surface area contributed by atoms with E-state index >= 15 is 0 Å². The average Bonchev–Trinajstić information content (AvgIpc) is 1.06. The molecule has 1 aromatic rings. The van der Waals surface area contributed by atoms with E-state index in [0.29, 0.717) is 31.2 Å². The fourth-order valence-corrected chi connectivity index (χ4v) is 12.0. The van der Waals surface area contributed by atoms with Crippen molar-refractivity contribution in [1.82, 2.24) is 40.4 Å². The number of hydrogen-bond acceptors (Lipinski definition) is 15. The third kappa shape index (κ3) is 21.8. The maximum atomic E-state index is 15.0. The number of ketones is 1. The van der Waals surface area contributed by atoms with Crippen LogP contribution in [0.3, 0.4) is 0 Å². The highest BCUT2D eigenvalue weighted by molar-refractivity contribution is 5.99. The van der Waals surface area contributed by atoms with Crippen LogP contribution >= 0.6 is 0 Å². The van der Waals surface area contributed by atoms with Crippen molar-refractivity contribution >= 4 is 65.2 Å². The molecule has 4 N–H and O–H groups in total. The molecular formula is C67H110N8O15. The lowest BCUT2D eigenvalue weighted by Gasteiger charge is -2.39. The number of likely N-dealkylation sites (N-methyl/N-ethyl adjacent to an activating group) is 4. The molecule has 1 unspecified atom stereocenters. The molecule has 1 aliphatic heterocycles. The monoisotopic (exact) mass is 1270 g/mol. The molecule has 1 heterocycles. The summed E-state index contributed by atoms with van der Waals surface area (Å²) in [6, 6.07) is -1.33. The van der Waals surface area contributed by atoms with Gasteiger partial charge in [-0.15, -0.1) is 0 Å². The molecule has 2 aliphatic rings. The number of aliphatic hydroxyl groups is 1. The Morgan fingerprint density at radius 3 is 1.66 bits per heavy atom. The Hall–Kier alpha value is -6.65. The molecule has 11 atom stereocenters. The number of ether oxygens (including phenoxy) is 3. The lowest BCUT2D eigenvalue weighted by molar-refractivity contribution is -0.177. The van der Waals surface area contributed by atoms with Gasteiger partial charge in [-0.2, -0.15) is 0 Å². The number of nitrogens with one attached hydrogen (secondary N) is 3. The third-order valence-corrected chi connectivity index (χ3v) is 17.5. The molecule has 0 bridgehead atoms. The third-order valence-electron chi connectivity index (χ3n) is 17.5. The van der Waals surface area contributed by atoms with E-state index in [-0.39, 0.29) is 37.1 Å². The van der Waals surface area contributed by atoms with Crippen molar-refractivity contribution < 1.29 is 72.1 Å². The fraction of sp³-hybridized carbons (Fsp3) is 0.746. The predicted molar refractivity (Wildman–Crippen MR) is 341 cm³/mol. The van der Waals surface area contributed by atoms with E-state index in [9.17, 15) is 57.8 Å². The number of Topliss-reactive ketones (excluding diaryl/α,β-unsaturated/α-hetero) is 1. The molecule has 1 saturated heterocycles. The molecule has 0 spiro atoms. The summed E-state index contributed by atoms with van der Waals surface area (Å²) in [5.74, 6) is -9.08. The number of amides is 8. The zero-order valence-electron chi connectivity index (χ0n) is 57.6. The van der Waals surface area contributed by atoms with Crippen molar-refractivity contribution in [3.63, 3.8) is 0 Å². The Morgan fingerprint density at radius 1 is 0.633 bits per heavy atom. The summed E-state index contributed by atoms with van der Waals surface area (Å²) in [6.07, 6.45) is 4.06. The number of alkyl carbamates (subject to hydrolysis) is 1. The number of likely N-dealkylation sites (tertiary alicyclic amines) is 1. The lowest BCUT2D eigenvalue weighted by atomic mass is 9.84. The molecule has 23 heteroatoms. The highest BCUT2D eigenvalue weighted by atomic mass is 16.6. The first-order chi connectivity index (χ1) is 41.8. The Morgan fingerprint density at radius 2 is 1.16 bits per heavy atom. The molecule has 508 valence electrons. The summed E-state index contributed by atoms with van der Waals surface area (Å²) in [7, 11) is 5.59. The summed E-state index contributed by atoms with van der Waals surface area (Å²) in [4.78, 5) is 162. The zero-order chi connectivity index (χ0) is 68.4. The van der Waals surface area contributed by atoms with Crippen molar-refractivity contribution in [2.75, 3.05) is 41.3 Å². The predicted octanol–water partition coefficient (Wildman–Crippen LogP) is 6.70. The molecule has 1 saturated carbocycles. The topological polar surface area (TPSA) is 288 Å². The lowest BCUT2D eigenvalue weighted by Crippen LogP contribution is -2.63. The number of nitrogens with zero attached hydrogens (tertiary/aromatic N) is 5. The van der Waals surface area contributed by atoms with Gasteiger partial charge in [0.1, 0.15) is 47.9 Å². The minimum Gasteiger partial charge on any atom is -0.456 e. The van der Waals surface area contributed by atoms with Gasteiger partial charge in [-0.3, -0.25) is 38.4 Å². The molecular weight excluding hydrogens is 1160 g/mol. The number of benzene rings is 1. The van der Waals surface area contributed by atoms with E-state index in [0.717, 1.165) is 37.0 Å². The summed E-state index contributed by atoms with van der Waals surface area (Å²) in [6.45, 7) is 26.6. The van der Waals surface area contributed by atoms with Crippen LogP contribution in [0.4, 0.5) is 4.79 Å². The molecule has 1 aromatic carbocycles. The van der Waals surface area contributed by atoms with Crippen molar-refractivity contribution in [3.05, 3.63) is 35.9 Å². The van der Waals surface area contributed by atoms with E-state index in [2.05, 4.69) is 16.0 Å². The van der Waals surface area contributed by atoms with Crippen LogP contribution in [0.25, 0.3) is 0 Å². The fourth-order valence-electron chi connectivity index (χ4n) is 12.0. The van der Waals surface area contributed by atoms with Gasteiger partial charge in [0.25, 0.3) is 5.91 Å². The molecule has 0 aromatic heterocycles. The van der Waals surface area contributed by atoms with Crippen LogP contribution in [-0.4, -0.2) is 202 Å². The molecule has 2 fully saturated rings. The van der Waals surface area contributed by atoms with Crippen molar-refractivity contribution in [1.29, 1.82) is 0 Å². The van der Waals surface area contributed by atoms with Gasteiger partial charge < -0.3 is 59.8 Å². The van der Waals surface area contributed by atoms with Crippen LogP contribution < -0.4 is 16.0 Å². The van der Waals surface area contributed by atoms with Gasteiger partial charge in [0, 0.05) is 46.2 Å². The van der Waals surface area contributed by atoms with E-state index in [1.54, 1.807) is 106 Å². The van der Waals surface area contributed by atoms with Crippen LogP contribution in [0.1, 0.15) is 192 Å². The van der Waals surface area contributed by atoms with Gasteiger partial charge in [0.05, 0.1) is 5.60 Å². The molecule has 8 amide bonds. The minimum atomic E-state index is -2.01. The van der Waals surface area contributed by atoms with Gasteiger partial charge in [0.15, 0.2) is 24.5 Å². The summed E-state index contributed by atoms with van der Waals surface area (Å²) in [5.41, 5.74) is -2.48. The number of carbonyl (C=O) groups excluding carboxylic acids is 11. The molecule has 3 rings (SSSR count). The second-order valence-corrected chi connectivity index (χ2v) is 27.7. The average molecular weight is 1270 g/mol. The Kier molecular flexibility index (Phi) is 29.9. The first-order valence-corrected chi connectivity index (χ1v) is 32.5. The van der Waals surface area contributed by atoms with Crippen LogP contribution in [0.5, 0.6) is 0 Å². The molecule has 0 radical (unpaired) electrons. The van der Waals surface area contributed by atoms with Crippen LogP contribution in [0, 0.1) is 35.5 Å². The van der Waals surface area contributed by atoms with E-state index < -0.39 is 155 Å². The maximum Gasteiger partial charge on any atom is 0.408 e. The Bertz CT molecular complexity index is 2610. The first kappa shape index (κ1) is 77.6. The second-order valence-electron chi connectivity index (χ2n) is 27.7. The van der Waals surface area contributed by atoms with Crippen LogP contribution in [-0.2, 0) is 57.4 Å². The molecule has 90 heavy (non-hydrogen) atoms. The van der Waals surface area contributed by atoms with E-state index in [1.807, 2.05) is 20.8 Å². The van der Waals surface area contributed by atoms with Crippen LogP contribution in [0.15, 0.2) is 30.3 Å². The largest absolute Gasteiger partial charge is 0.456 e. The Balaban J connectivity index is 1.92. The van der Waals surface area contributed by atoms with Gasteiger partial charge >= 0.3 is 18.0 Å². The van der Waals surface area contributed by atoms with Gasteiger partial charge in [-0.1, -0.05) is 138 Å². The number of esters is 2. The van der Waals surface area contributed by atoms with E-state index in [1.165, 1.54) is 61.6 Å². The number of carbonyl (C=O) groups is 11. The minimum absolute atomic E-state index is 0.0542. The van der Waals surface area contributed by atoms with Crippen molar-refractivity contribution in [2.24, 2.45) is 35.5 Å². The maximum absolute atomic E-state index is 15.0. The number of rotatable bonds is 31. The van der Waals surface area contributed by atoms with Gasteiger partial charge in [-0.05, 0) is 103 Å². The zero-order valence-corrected chi connectivity index (χ0v) is 57.6. The molecule has 1 aliphatic carbocycles. The van der Waals surface area contributed by atoms with Gasteiger partial charge in [-0.25, -0.2) is 14.4 Å². The summed E-state index contributed by atoms with van der Waals surface area (Å²) in [5, 5.41) is 20.2. The first-order valence-electron chi connectivity index (χ1n) is 32.5. The smallest absolute Gasteiger partial charge is 0.408 e. The SMILES string of the molecule is CCC(C)[C@@H](OC(=O)[C@@H](N(C)C(=O)[C@H](CC(C)C)NC(=O)[C@H](C(C)C)N(C)C(=O)[C@@H](NC(=O)OC(C)(C)C)[C@H](C)CC)C(C)(C)O)C(=O)N(C)[C@H](C(=O)N[C@@H](CC1CCCCC1)C(=O)N(C)[C@H](C)C(=O)N1CCC[C@H]1C(=O)OCC(=O)c1ccccc1)C(C)C. The van der Waals surface area contributed by atoms with Crippen LogP contribution in [0.2, 0.25) is 0 Å². The van der Waals surface area contributed by atoms with E-state index in [4.69, 9.17) is 14.2 Å². The second kappa shape index (κ2) is 34.7. The summed E-state index contributed by atoms with van der Waals surface area (Å²) < 4.78 is 17.0. The quantitative estimate of drug-likeness (QED) is 0.0342. The summed E-state index contributed by atoms with van der Waals surface area (Å²) >= 11 is 0. The Labute approximate surface area is 535 Å². The van der Waals surface area contributed by atoms with Gasteiger partial charge in [0.2, 0.25) is 35.4 Å². The highest BCUT2D eigenvalue weighted by Crippen LogP contribution is 2.30. The number of hydrogen-bond donors (Lipinski definition) is 4. The molecule has 23 nitrogen and oxygen atoms in total. The normalized spacial score (nSPS) is 18.1.